The molecule has 5 heteroatoms. The lowest BCUT2D eigenvalue weighted by Crippen LogP contribution is -2.39. The second-order valence-electron chi connectivity index (χ2n) is 4.53. The molecule has 0 saturated carbocycles. The molecule has 2 heterocycles. The highest BCUT2D eigenvalue weighted by molar-refractivity contribution is 5.85. The fraction of sp³-hybridized carbons (Fsp3) is 0.538. The number of nitrogens with two attached hydrogens (primary N) is 1. The number of carbonyl (C=O) groups excluding carboxylic acids is 1. The molecule has 1 fully saturated rings. The molecule has 1 saturated heterocycles. The van der Waals surface area contributed by atoms with E-state index in [1.807, 2.05) is 6.92 Å². The van der Waals surface area contributed by atoms with Gasteiger partial charge in [-0.05, 0) is 12.6 Å². The number of pyridine rings is 1. The van der Waals surface area contributed by atoms with Gasteiger partial charge < -0.3 is 15.8 Å². The Morgan fingerprint density at radius 3 is 3.17 bits per heavy atom. The van der Waals surface area contributed by atoms with E-state index in [4.69, 9.17) is 10.5 Å². The van der Waals surface area contributed by atoms with Crippen LogP contribution in [0.25, 0.3) is 0 Å². The van der Waals surface area contributed by atoms with Gasteiger partial charge in [0.15, 0.2) is 0 Å². The van der Waals surface area contributed by atoms with Crippen molar-refractivity contribution in [3.63, 3.8) is 0 Å². The number of nitrogens with zero attached hydrogens (tertiary/aromatic N) is 1. The van der Waals surface area contributed by atoms with Crippen molar-refractivity contribution in [1.82, 2.24) is 10.3 Å². The average Bonchev–Trinajstić information content (AvgIpc) is 2.81. The van der Waals surface area contributed by atoms with Crippen LogP contribution in [0.1, 0.15) is 12.5 Å². The van der Waals surface area contributed by atoms with Crippen molar-refractivity contribution in [2.75, 3.05) is 25.5 Å². The molecule has 2 rings (SSSR count). The molecular formula is C13H19N3O2. The van der Waals surface area contributed by atoms with Crippen LogP contribution in [-0.2, 0) is 16.0 Å². The second-order valence-corrected chi connectivity index (χ2v) is 4.53. The summed E-state index contributed by atoms with van der Waals surface area (Å²) in [5.41, 5.74) is 7.24. The monoisotopic (exact) mass is 249 g/mol. The van der Waals surface area contributed by atoms with E-state index >= 15 is 0 Å². The van der Waals surface area contributed by atoms with Gasteiger partial charge in [-0.25, -0.2) is 0 Å². The maximum atomic E-state index is 12.2. The average molecular weight is 249 g/mol. The summed E-state index contributed by atoms with van der Waals surface area (Å²) in [4.78, 5) is 16.3. The molecule has 0 amide bonds. The van der Waals surface area contributed by atoms with E-state index in [1.54, 1.807) is 18.5 Å². The first kappa shape index (κ1) is 13.0. The summed E-state index contributed by atoms with van der Waals surface area (Å²) in [6.45, 7) is 3.97. The second kappa shape index (κ2) is 5.93. The Labute approximate surface area is 107 Å². The van der Waals surface area contributed by atoms with E-state index in [0.29, 0.717) is 25.3 Å². The van der Waals surface area contributed by atoms with Gasteiger partial charge in [0.2, 0.25) is 0 Å². The maximum absolute atomic E-state index is 12.2. The number of nitrogens with one attached hydrogen (secondary N) is 1. The van der Waals surface area contributed by atoms with Gasteiger partial charge >= 0.3 is 0 Å². The smallest absolute Gasteiger partial charge is 0.144 e. The number of ether oxygens (including phenoxy) is 1. The molecule has 2 atom stereocenters. The van der Waals surface area contributed by atoms with Crippen LogP contribution in [0, 0.1) is 5.92 Å². The first-order valence-electron chi connectivity index (χ1n) is 6.24. The SMILES string of the molecule is CCNC1COCC1C(=O)Cc1cnccc1N. The molecule has 1 aliphatic rings. The van der Waals surface area contributed by atoms with Gasteiger partial charge in [0.1, 0.15) is 5.78 Å². The van der Waals surface area contributed by atoms with E-state index in [-0.39, 0.29) is 17.7 Å². The summed E-state index contributed by atoms with van der Waals surface area (Å²) >= 11 is 0. The molecule has 5 nitrogen and oxygen atoms in total. The zero-order chi connectivity index (χ0) is 13.0. The lowest BCUT2D eigenvalue weighted by atomic mass is 9.94. The van der Waals surface area contributed by atoms with Gasteiger partial charge in [0.05, 0.1) is 19.1 Å². The number of likely N-dealkylation sites (N-methyl/N-ethyl adjacent to an activating group) is 1. The van der Waals surface area contributed by atoms with Crippen molar-refractivity contribution in [2.24, 2.45) is 5.92 Å². The van der Waals surface area contributed by atoms with E-state index in [2.05, 4.69) is 10.3 Å². The summed E-state index contributed by atoms with van der Waals surface area (Å²) < 4.78 is 5.38. The van der Waals surface area contributed by atoms with E-state index in [1.165, 1.54) is 0 Å². The highest BCUT2D eigenvalue weighted by Gasteiger charge is 2.33. The van der Waals surface area contributed by atoms with Crippen molar-refractivity contribution >= 4 is 11.5 Å². The minimum absolute atomic E-state index is 0.0791. The molecule has 1 aromatic heterocycles. The number of aromatic nitrogens is 1. The first-order chi connectivity index (χ1) is 8.72. The third kappa shape index (κ3) is 2.86. The molecule has 0 bridgehead atoms. The minimum Gasteiger partial charge on any atom is -0.398 e. The molecule has 2 unspecified atom stereocenters. The maximum Gasteiger partial charge on any atom is 0.144 e. The van der Waals surface area contributed by atoms with Crippen LogP contribution < -0.4 is 11.1 Å². The molecule has 0 spiro atoms. The Morgan fingerprint density at radius 1 is 1.61 bits per heavy atom. The number of hydrogen-bond acceptors (Lipinski definition) is 5. The molecule has 18 heavy (non-hydrogen) atoms. The Balaban J connectivity index is 2.01. The zero-order valence-corrected chi connectivity index (χ0v) is 10.6. The summed E-state index contributed by atoms with van der Waals surface area (Å²) in [5, 5.41) is 3.28. The van der Waals surface area contributed by atoms with Crippen LogP contribution in [-0.4, -0.2) is 36.6 Å². The zero-order valence-electron chi connectivity index (χ0n) is 10.6. The number of anilines is 1. The van der Waals surface area contributed by atoms with Gasteiger partial charge in [-0.15, -0.1) is 0 Å². The molecule has 98 valence electrons. The van der Waals surface area contributed by atoms with Gasteiger partial charge in [0.25, 0.3) is 0 Å². The van der Waals surface area contributed by atoms with Crippen LogP contribution in [0.2, 0.25) is 0 Å². The lowest BCUT2D eigenvalue weighted by molar-refractivity contribution is -0.122. The number of rotatable bonds is 5. The van der Waals surface area contributed by atoms with E-state index in [0.717, 1.165) is 12.1 Å². The fourth-order valence-corrected chi connectivity index (χ4v) is 2.24. The summed E-state index contributed by atoms with van der Waals surface area (Å²) in [7, 11) is 0. The minimum atomic E-state index is -0.0791. The van der Waals surface area contributed by atoms with E-state index in [9.17, 15) is 4.79 Å². The van der Waals surface area contributed by atoms with Gasteiger partial charge in [-0.2, -0.15) is 0 Å². The summed E-state index contributed by atoms with van der Waals surface area (Å²) in [6.07, 6.45) is 3.62. The summed E-state index contributed by atoms with van der Waals surface area (Å²) in [6, 6.07) is 1.84. The first-order valence-corrected chi connectivity index (χ1v) is 6.24. The Kier molecular flexibility index (Phi) is 4.28. The van der Waals surface area contributed by atoms with Crippen LogP contribution in [0.5, 0.6) is 0 Å². The number of ketones is 1. The topological polar surface area (TPSA) is 77.2 Å². The molecule has 3 N–H and O–H groups in total. The number of hydrogen-bond donors (Lipinski definition) is 2. The third-order valence-corrected chi connectivity index (χ3v) is 3.27. The highest BCUT2D eigenvalue weighted by atomic mass is 16.5. The van der Waals surface area contributed by atoms with Crippen molar-refractivity contribution < 1.29 is 9.53 Å². The van der Waals surface area contributed by atoms with Crippen molar-refractivity contribution in [1.29, 1.82) is 0 Å². The Morgan fingerprint density at radius 2 is 2.44 bits per heavy atom. The Hall–Kier alpha value is -1.46. The number of nitrogen functional groups attached to an aromatic ring is 1. The van der Waals surface area contributed by atoms with E-state index < -0.39 is 0 Å². The van der Waals surface area contributed by atoms with Gasteiger partial charge in [-0.1, -0.05) is 6.92 Å². The standard InChI is InChI=1S/C13H19N3O2/c1-2-16-12-8-18-7-10(12)13(17)5-9-6-15-4-3-11(9)14/h3-4,6,10,12,16H,2,5,7-8H2,1H3,(H2,14,15). The number of Topliss-reactive ketones (excluding diaryl/α,β-unsaturated/α-hetero) is 1. The van der Waals surface area contributed by atoms with Crippen LogP contribution >= 0.6 is 0 Å². The molecule has 1 aromatic rings. The predicted octanol–water partition coefficient (Wildman–Crippen LogP) is 0.400. The predicted molar refractivity (Wildman–Crippen MR) is 69.1 cm³/mol. The third-order valence-electron chi connectivity index (χ3n) is 3.27. The normalized spacial score (nSPS) is 23.2. The van der Waals surface area contributed by atoms with Crippen LogP contribution in [0.15, 0.2) is 18.5 Å². The van der Waals surface area contributed by atoms with Crippen LogP contribution in [0.3, 0.4) is 0 Å². The molecule has 1 aliphatic heterocycles. The molecule has 0 aliphatic carbocycles. The van der Waals surface area contributed by atoms with Crippen LogP contribution in [0.4, 0.5) is 5.69 Å². The number of carbonyl (C=O) groups is 1. The quantitative estimate of drug-likeness (QED) is 0.790. The highest BCUT2D eigenvalue weighted by Crippen LogP contribution is 2.19. The summed E-state index contributed by atoms with van der Waals surface area (Å²) in [5.74, 6) is 0.0858. The van der Waals surface area contributed by atoms with Gasteiger partial charge in [-0.3, -0.25) is 9.78 Å². The fourth-order valence-electron chi connectivity index (χ4n) is 2.24. The lowest BCUT2D eigenvalue weighted by Gasteiger charge is -2.17. The molecule has 0 aromatic carbocycles. The van der Waals surface area contributed by atoms with Crippen molar-refractivity contribution in [3.8, 4) is 0 Å². The van der Waals surface area contributed by atoms with Crippen molar-refractivity contribution in [2.45, 2.75) is 19.4 Å². The largest absolute Gasteiger partial charge is 0.398 e. The Bertz CT molecular complexity index is 422. The van der Waals surface area contributed by atoms with Crippen molar-refractivity contribution in [3.05, 3.63) is 24.0 Å². The molecule has 0 radical (unpaired) electrons. The van der Waals surface area contributed by atoms with Gasteiger partial charge in [0, 0.05) is 36.1 Å². The molecular weight excluding hydrogens is 230 g/mol.